The van der Waals surface area contributed by atoms with Gasteiger partial charge in [-0.1, -0.05) is 11.6 Å². The Balaban J connectivity index is 2.28. The van der Waals surface area contributed by atoms with Gasteiger partial charge in [-0.05, 0) is 48.6 Å². The smallest absolute Gasteiger partial charge is 0.267 e. The molecule has 0 bridgehead atoms. The monoisotopic (exact) mass is 280 g/mol. The third-order valence-corrected chi connectivity index (χ3v) is 4.02. The van der Waals surface area contributed by atoms with Crippen LogP contribution < -0.4 is 11.1 Å². The molecule has 0 radical (unpaired) electrons. The Morgan fingerprint density at radius 1 is 1.33 bits per heavy atom. The molecule has 0 saturated carbocycles. The quantitative estimate of drug-likeness (QED) is 0.821. The molecule has 94 valence electrons. The van der Waals surface area contributed by atoms with Gasteiger partial charge in [-0.3, -0.25) is 4.79 Å². The number of hydrogen-bond donors (Lipinski definition) is 2. The van der Waals surface area contributed by atoms with Crippen molar-refractivity contribution in [2.24, 2.45) is 0 Å². The summed E-state index contributed by atoms with van der Waals surface area (Å²) in [6, 6.07) is 5.42. The zero-order chi connectivity index (χ0) is 13.3. The highest BCUT2D eigenvalue weighted by atomic mass is 35.5. The maximum atomic E-state index is 12.0. The van der Waals surface area contributed by atoms with Crippen LogP contribution in [0.25, 0.3) is 0 Å². The van der Waals surface area contributed by atoms with Gasteiger partial charge in [0.25, 0.3) is 5.91 Å². The lowest BCUT2D eigenvalue weighted by atomic mass is 10.1. The number of thiophene rings is 1. The second-order valence-electron chi connectivity index (χ2n) is 4.08. The maximum Gasteiger partial charge on any atom is 0.267 e. The first-order valence-corrected chi connectivity index (χ1v) is 6.66. The lowest BCUT2D eigenvalue weighted by molar-refractivity contribution is 0.103. The van der Waals surface area contributed by atoms with Crippen LogP contribution in [0.4, 0.5) is 11.4 Å². The van der Waals surface area contributed by atoms with E-state index in [4.69, 9.17) is 17.3 Å². The van der Waals surface area contributed by atoms with Crippen LogP contribution in [-0.4, -0.2) is 5.91 Å². The van der Waals surface area contributed by atoms with Gasteiger partial charge in [0, 0.05) is 11.4 Å². The van der Waals surface area contributed by atoms with Crippen molar-refractivity contribution in [2.75, 3.05) is 11.1 Å². The highest BCUT2D eigenvalue weighted by Crippen LogP contribution is 2.26. The molecule has 5 heteroatoms. The predicted molar refractivity (Wildman–Crippen MR) is 77.6 cm³/mol. The van der Waals surface area contributed by atoms with Crippen molar-refractivity contribution in [3.8, 4) is 0 Å². The number of anilines is 2. The van der Waals surface area contributed by atoms with Crippen molar-refractivity contribution in [1.82, 2.24) is 0 Å². The van der Waals surface area contributed by atoms with Gasteiger partial charge < -0.3 is 11.1 Å². The highest BCUT2D eigenvalue weighted by Gasteiger charge is 2.13. The molecular weight excluding hydrogens is 268 g/mol. The van der Waals surface area contributed by atoms with Gasteiger partial charge in [0.05, 0.1) is 5.02 Å². The molecule has 3 N–H and O–H groups in total. The van der Waals surface area contributed by atoms with E-state index in [-0.39, 0.29) is 5.91 Å². The lowest BCUT2D eigenvalue weighted by Crippen LogP contribution is -2.12. The summed E-state index contributed by atoms with van der Waals surface area (Å²) in [5, 5.41) is 5.12. The van der Waals surface area contributed by atoms with Gasteiger partial charge in [-0.15, -0.1) is 11.3 Å². The minimum Gasteiger partial charge on any atom is -0.399 e. The third-order valence-electron chi connectivity index (χ3n) is 2.68. The van der Waals surface area contributed by atoms with E-state index in [0.717, 1.165) is 22.5 Å². The van der Waals surface area contributed by atoms with Gasteiger partial charge in [0.15, 0.2) is 0 Å². The molecule has 0 saturated heterocycles. The number of amides is 1. The zero-order valence-electron chi connectivity index (χ0n) is 10.1. The molecule has 0 fully saturated rings. The molecule has 0 aliphatic heterocycles. The van der Waals surface area contributed by atoms with Crippen LogP contribution >= 0.6 is 22.9 Å². The second-order valence-corrected chi connectivity index (χ2v) is 5.40. The molecule has 1 heterocycles. The maximum absolute atomic E-state index is 12.0. The Labute approximate surface area is 115 Å². The van der Waals surface area contributed by atoms with Crippen LogP contribution in [0.5, 0.6) is 0 Å². The first kappa shape index (κ1) is 12.9. The van der Waals surface area contributed by atoms with Gasteiger partial charge in [-0.25, -0.2) is 0 Å². The Hall–Kier alpha value is -1.52. The van der Waals surface area contributed by atoms with Crippen LogP contribution in [0, 0.1) is 13.8 Å². The van der Waals surface area contributed by atoms with E-state index in [0.29, 0.717) is 9.90 Å². The van der Waals surface area contributed by atoms with E-state index in [2.05, 4.69) is 5.32 Å². The van der Waals surface area contributed by atoms with Crippen molar-refractivity contribution < 1.29 is 4.79 Å². The minimum absolute atomic E-state index is 0.192. The molecule has 2 aromatic rings. The summed E-state index contributed by atoms with van der Waals surface area (Å²) in [6.45, 7) is 3.81. The fraction of sp³-hybridized carbons (Fsp3) is 0.154. The van der Waals surface area contributed by atoms with E-state index in [9.17, 15) is 4.79 Å². The van der Waals surface area contributed by atoms with Gasteiger partial charge >= 0.3 is 0 Å². The number of rotatable bonds is 2. The Morgan fingerprint density at radius 3 is 2.67 bits per heavy atom. The van der Waals surface area contributed by atoms with E-state index < -0.39 is 0 Å². The van der Waals surface area contributed by atoms with Gasteiger partial charge in [0.2, 0.25) is 0 Å². The molecule has 2 rings (SSSR count). The van der Waals surface area contributed by atoms with Crippen molar-refractivity contribution in [3.63, 3.8) is 0 Å². The van der Waals surface area contributed by atoms with Crippen molar-refractivity contribution >= 4 is 40.2 Å². The van der Waals surface area contributed by atoms with Crippen LogP contribution in [0.1, 0.15) is 20.8 Å². The van der Waals surface area contributed by atoms with Crippen molar-refractivity contribution in [1.29, 1.82) is 0 Å². The molecule has 1 amide bonds. The topological polar surface area (TPSA) is 55.1 Å². The first-order valence-electron chi connectivity index (χ1n) is 5.40. The summed E-state index contributed by atoms with van der Waals surface area (Å²) in [5.41, 5.74) is 9.16. The molecule has 0 spiro atoms. The molecule has 0 aliphatic rings. The number of aryl methyl sites for hydroxylation is 2. The largest absolute Gasteiger partial charge is 0.399 e. The number of carbonyl (C=O) groups excluding carboxylic acids is 1. The highest BCUT2D eigenvalue weighted by molar-refractivity contribution is 7.12. The lowest BCUT2D eigenvalue weighted by Gasteiger charge is -2.10. The fourth-order valence-corrected chi connectivity index (χ4v) is 2.64. The molecule has 0 aliphatic carbocycles. The summed E-state index contributed by atoms with van der Waals surface area (Å²) in [5.74, 6) is -0.192. The Kier molecular flexibility index (Phi) is 3.59. The normalized spacial score (nSPS) is 10.4. The SMILES string of the molecule is Cc1cc(NC(=O)c2sccc2Cl)c(C)cc1N. The molecule has 18 heavy (non-hydrogen) atoms. The zero-order valence-corrected chi connectivity index (χ0v) is 11.7. The van der Waals surface area contributed by atoms with Gasteiger partial charge in [0.1, 0.15) is 4.88 Å². The summed E-state index contributed by atoms with van der Waals surface area (Å²) >= 11 is 7.25. The van der Waals surface area contributed by atoms with Crippen molar-refractivity contribution in [3.05, 3.63) is 44.6 Å². The predicted octanol–water partition coefficient (Wildman–Crippen LogP) is 3.85. The number of nitrogen functional groups attached to an aromatic ring is 1. The van der Waals surface area contributed by atoms with Crippen LogP contribution in [0.3, 0.4) is 0 Å². The number of carbonyl (C=O) groups is 1. The number of nitrogens with two attached hydrogens (primary N) is 1. The van der Waals surface area contributed by atoms with Crippen molar-refractivity contribution in [2.45, 2.75) is 13.8 Å². The number of halogens is 1. The third kappa shape index (κ3) is 2.49. The van der Waals surface area contributed by atoms with Gasteiger partial charge in [-0.2, -0.15) is 0 Å². The Bertz CT molecular complexity index is 607. The van der Waals surface area contributed by atoms with E-state index in [1.807, 2.05) is 26.0 Å². The van der Waals surface area contributed by atoms with Crippen LogP contribution in [-0.2, 0) is 0 Å². The summed E-state index contributed by atoms with van der Waals surface area (Å²) in [7, 11) is 0. The summed E-state index contributed by atoms with van der Waals surface area (Å²) in [4.78, 5) is 12.5. The fourth-order valence-electron chi connectivity index (χ4n) is 1.61. The molecule has 1 aromatic heterocycles. The number of hydrogen-bond acceptors (Lipinski definition) is 3. The molecule has 0 atom stereocenters. The van der Waals surface area contributed by atoms with E-state index in [1.54, 1.807) is 11.4 Å². The molecule has 0 unspecified atom stereocenters. The molecule has 1 aromatic carbocycles. The molecule has 3 nitrogen and oxygen atoms in total. The van der Waals surface area contributed by atoms with E-state index >= 15 is 0 Å². The Morgan fingerprint density at radius 2 is 2.06 bits per heavy atom. The summed E-state index contributed by atoms with van der Waals surface area (Å²) < 4.78 is 0. The average Bonchev–Trinajstić information content (AvgIpc) is 2.72. The van der Waals surface area contributed by atoms with Crippen LogP contribution in [0.2, 0.25) is 5.02 Å². The average molecular weight is 281 g/mol. The van der Waals surface area contributed by atoms with E-state index in [1.165, 1.54) is 11.3 Å². The second kappa shape index (κ2) is 5.00. The molecular formula is C13H13ClN2OS. The minimum atomic E-state index is -0.192. The number of benzene rings is 1. The first-order chi connectivity index (χ1) is 8.49. The number of nitrogens with one attached hydrogen (secondary N) is 1. The summed E-state index contributed by atoms with van der Waals surface area (Å²) in [6.07, 6.45) is 0. The standard InChI is InChI=1S/C13H13ClN2OS/c1-7-6-11(8(2)5-10(7)15)16-13(17)12-9(14)3-4-18-12/h3-6H,15H2,1-2H3,(H,16,17). The van der Waals surface area contributed by atoms with Crippen LogP contribution in [0.15, 0.2) is 23.6 Å².